The summed E-state index contributed by atoms with van der Waals surface area (Å²) in [4.78, 5) is 10.5. The number of ether oxygens (including phenoxy) is 1. The molecule has 0 saturated heterocycles. The summed E-state index contributed by atoms with van der Waals surface area (Å²) in [6.07, 6.45) is 0. The second-order valence-corrected chi connectivity index (χ2v) is 5.48. The highest BCUT2D eigenvalue weighted by Gasteiger charge is 2.27. The SMILES string of the molecule is CCOP(=O)(OCC)OCc1ccc(OC)cc1[N+](=O)[O-]. The first-order valence-corrected chi connectivity index (χ1v) is 7.76. The van der Waals surface area contributed by atoms with Crippen molar-refractivity contribution in [2.24, 2.45) is 0 Å². The van der Waals surface area contributed by atoms with E-state index in [1.54, 1.807) is 19.9 Å². The largest absolute Gasteiger partial charge is 0.497 e. The van der Waals surface area contributed by atoms with Crippen LogP contribution in [0.3, 0.4) is 0 Å². The number of benzene rings is 1. The minimum atomic E-state index is -3.71. The van der Waals surface area contributed by atoms with E-state index < -0.39 is 12.7 Å². The van der Waals surface area contributed by atoms with Gasteiger partial charge in [0, 0.05) is 0 Å². The van der Waals surface area contributed by atoms with Gasteiger partial charge in [-0.15, -0.1) is 0 Å². The van der Waals surface area contributed by atoms with Gasteiger partial charge in [0.15, 0.2) is 0 Å². The van der Waals surface area contributed by atoms with E-state index in [0.717, 1.165) is 0 Å². The quantitative estimate of drug-likeness (QED) is 0.391. The molecule has 1 rings (SSSR count). The first-order valence-electron chi connectivity index (χ1n) is 6.30. The van der Waals surface area contributed by atoms with Gasteiger partial charge >= 0.3 is 7.82 Å². The Labute approximate surface area is 122 Å². The van der Waals surface area contributed by atoms with Crippen LogP contribution in [-0.4, -0.2) is 25.2 Å². The minimum Gasteiger partial charge on any atom is -0.497 e. The normalized spacial score (nSPS) is 11.4. The third-order valence-corrected chi connectivity index (χ3v) is 4.04. The van der Waals surface area contributed by atoms with Gasteiger partial charge in [0.25, 0.3) is 5.69 Å². The zero-order valence-electron chi connectivity index (χ0n) is 12.1. The van der Waals surface area contributed by atoms with E-state index in [4.69, 9.17) is 18.3 Å². The number of phosphoric acid groups is 1. The molecule has 0 unspecified atom stereocenters. The predicted octanol–water partition coefficient (Wildman–Crippen LogP) is 3.30. The molecule has 1 aromatic rings. The van der Waals surface area contributed by atoms with Crippen LogP contribution in [-0.2, 0) is 24.7 Å². The molecule has 0 aromatic heterocycles. The van der Waals surface area contributed by atoms with Gasteiger partial charge in [-0.3, -0.25) is 23.7 Å². The number of phosphoric ester groups is 1. The molecular formula is C12H18NO7P. The predicted molar refractivity (Wildman–Crippen MR) is 75.3 cm³/mol. The Bertz CT molecular complexity index is 524. The summed E-state index contributed by atoms with van der Waals surface area (Å²) in [6, 6.07) is 4.29. The smallest absolute Gasteiger partial charge is 0.475 e. The van der Waals surface area contributed by atoms with E-state index in [0.29, 0.717) is 5.75 Å². The summed E-state index contributed by atoms with van der Waals surface area (Å²) in [5, 5.41) is 11.0. The van der Waals surface area contributed by atoms with Crippen molar-refractivity contribution in [3.63, 3.8) is 0 Å². The van der Waals surface area contributed by atoms with Crippen molar-refractivity contribution in [3.05, 3.63) is 33.9 Å². The lowest BCUT2D eigenvalue weighted by molar-refractivity contribution is -0.385. The van der Waals surface area contributed by atoms with Gasteiger partial charge in [-0.25, -0.2) is 4.57 Å². The highest BCUT2D eigenvalue weighted by atomic mass is 31.2. The topological polar surface area (TPSA) is 97.1 Å². The molecule has 118 valence electrons. The van der Waals surface area contributed by atoms with Crippen LogP contribution in [0.25, 0.3) is 0 Å². The third-order valence-electron chi connectivity index (χ3n) is 2.44. The van der Waals surface area contributed by atoms with Crippen LogP contribution in [0.1, 0.15) is 19.4 Å². The maximum absolute atomic E-state index is 12.1. The van der Waals surface area contributed by atoms with Crippen molar-refractivity contribution >= 4 is 13.5 Å². The molecule has 0 radical (unpaired) electrons. The summed E-state index contributed by atoms with van der Waals surface area (Å²) in [5.74, 6) is 0.350. The first-order chi connectivity index (χ1) is 9.95. The van der Waals surface area contributed by atoms with Crippen LogP contribution in [0.4, 0.5) is 5.69 Å². The molecule has 0 aliphatic carbocycles. The molecule has 21 heavy (non-hydrogen) atoms. The molecule has 0 bridgehead atoms. The van der Waals surface area contributed by atoms with Crippen molar-refractivity contribution in [3.8, 4) is 5.75 Å². The highest BCUT2D eigenvalue weighted by molar-refractivity contribution is 7.48. The number of rotatable bonds is 9. The second-order valence-electron chi connectivity index (χ2n) is 3.81. The van der Waals surface area contributed by atoms with Crippen LogP contribution < -0.4 is 4.74 Å². The van der Waals surface area contributed by atoms with E-state index in [1.165, 1.54) is 19.2 Å². The summed E-state index contributed by atoms with van der Waals surface area (Å²) in [7, 11) is -2.30. The summed E-state index contributed by atoms with van der Waals surface area (Å²) in [5.41, 5.74) is 0.0642. The molecule has 0 amide bonds. The zero-order valence-corrected chi connectivity index (χ0v) is 13.0. The van der Waals surface area contributed by atoms with Crippen molar-refractivity contribution in [2.45, 2.75) is 20.5 Å². The van der Waals surface area contributed by atoms with E-state index in [-0.39, 0.29) is 31.1 Å². The number of nitro benzene ring substituents is 1. The van der Waals surface area contributed by atoms with E-state index in [1.807, 2.05) is 0 Å². The monoisotopic (exact) mass is 319 g/mol. The molecule has 0 spiro atoms. The number of nitrogens with zero attached hydrogens (tertiary/aromatic N) is 1. The highest BCUT2D eigenvalue weighted by Crippen LogP contribution is 2.50. The second kappa shape index (κ2) is 8.09. The molecular weight excluding hydrogens is 301 g/mol. The fourth-order valence-electron chi connectivity index (χ4n) is 1.54. The summed E-state index contributed by atoms with van der Waals surface area (Å²) < 4.78 is 32.1. The van der Waals surface area contributed by atoms with Crippen LogP contribution in [0.15, 0.2) is 18.2 Å². The molecule has 0 N–H and O–H groups in total. The Hall–Kier alpha value is -1.47. The Kier molecular flexibility index (Phi) is 6.77. The molecule has 0 atom stereocenters. The summed E-state index contributed by atoms with van der Waals surface area (Å²) >= 11 is 0. The molecule has 1 aromatic carbocycles. The minimum absolute atomic E-state index is 0.141. The number of methoxy groups -OCH3 is 1. The van der Waals surface area contributed by atoms with Crippen molar-refractivity contribution in [1.29, 1.82) is 0 Å². The van der Waals surface area contributed by atoms with Gasteiger partial charge < -0.3 is 4.74 Å². The van der Waals surface area contributed by atoms with E-state index >= 15 is 0 Å². The molecule has 0 aliphatic heterocycles. The van der Waals surface area contributed by atoms with Gasteiger partial charge in [0.2, 0.25) is 0 Å². The van der Waals surface area contributed by atoms with Gasteiger partial charge in [-0.2, -0.15) is 0 Å². The van der Waals surface area contributed by atoms with Crippen LogP contribution in [0, 0.1) is 10.1 Å². The van der Waals surface area contributed by atoms with Gasteiger partial charge in [0.1, 0.15) is 5.75 Å². The Balaban J connectivity index is 2.91. The van der Waals surface area contributed by atoms with Crippen molar-refractivity contribution in [1.82, 2.24) is 0 Å². The maximum atomic E-state index is 12.1. The van der Waals surface area contributed by atoms with E-state index in [2.05, 4.69) is 0 Å². The fraction of sp³-hybridized carbons (Fsp3) is 0.500. The van der Waals surface area contributed by atoms with Gasteiger partial charge in [-0.1, -0.05) is 0 Å². The van der Waals surface area contributed by atoms with Gasteiger partial charge in [0.05, 0.1) is 43.5 Å². The first kappa shape index (κ1) is 17.6. The number of hydrogen-bond donors (Lipinski definition) is 0. The van der Waals surface area contributed by atoms with Crippen molar-refractivity contribution < 1.29 is 27.8 Å². The lowest BCUT2D eigenvalue weighted by atomic mass is 10.2. The zero-order chi connectivity index (χ0) is 15.9. The Morgan fingerprint density at radius 2 is 1.81 bits per heavy atom. The lowest BCUT2D eigenvalue weighted by Gasteiger charge is -2.16. The average Bonchev–Trinajstić information content (AvgIpc) is 2.45. The maximum Gasteiger partial charge on any atom is 0.475 e. The summed E-state index contributed by atoms with van der Waals surface area (Å²) in [6.45, 7) is 3.30. The molecule has 0 fully saturated rings. The number of hydrogen-bond acceptors (Lipinski definition) is 7. The fourth-order valence-corrected chi connectivity index (χ4v) is 2.69. The van der Waals surface area contributed by atoms with Gasteiger partial charge in [-0.05, 0) is 26.0 Å². The van der Waals surface area contributed by atoms with Crippen LogP contribution in [0.2, 0.25) is 0 Å². The molecule has 8 nitrogen and oxygen atoms in total. The van der Waals surface area contributed by atoms with Crippen LogP contribution >= 0.6 is 7.82 Å². The molecule has 0 aliphatic rings. The molecule has 9 heteroatoms. The number of nitro groups is 1. The van der Waals surface area contributed by atoms with E-state index in [9.17, 15) is 14.7 Å². The molecule has 0 heterocycles. The van der Waals surface area contributed by atoms with Crippen LogP contribution in [0.5, 0.6) is 5.75 Å². The average molecular weight is 319 g/mol. The molecule has 0 saturated carbocycles. The Morgan fingerprint density at radius 1 is 1.19 bits per heavy atom. The Morgan fingerprint density at radius 3 is 2.29 bits per heavy atom. The van der Waals surface area contributed by atoms with Crippen molar-refractivity contribution in [2.75, 3.05) is 20.3 Å². The lowest BCUT2D eigenvalue weighted by Crippen LogP contribution is -2.03. The standard InChI is InChI=1S/C12H18NO7P/c1-4-18-21(16,19-5-2)20-9-10-6-7-11(17-3)8-12(10)13(14)15/h6-8H,4-5,9H2,1-3H3. The third kappa shape index (κ3) is 5.09.